The molecule has 1 saturated heterocycles. The summed E-state index contributed by atoms with van der Waals surface area (Å²) < 4.78 is 5.81. The average molecular weight is 288 g/mol. The Kier molecular flexibility index (Phi) is 4.23. The third-order valence-electron chi connectivity index (χ3n) is 4.89. The highest BCUT2D eigenvalue weighted by molar-refractivity contribution is 5.38. The fourth-order valence-corrected chi connectivity index (χ4v) is 3.71. The zero-order valence-corrected chi connectivity index (χ0v) is 13.6. The molecule has 3 rings (SSSR count). The molecule has 1 aromatic carbocycles. The molecular formula is C18H28N2O. The summed E-state index contributed by atoms with van der Waals surface area (Å²) in [5, 5.41) is 3.56. The summed E-state index contributed by atoms with van der Waals surface area (Å²) in [5.41, 5.74) is 1.72. The first-order valence-electron chi connectivity index (χ1n) is 8.22. The van der Waals surface area contributed by atoms with Crippen LogP contribution in [0.5, 0.6) is 5.75 Å². The number of hydrogen-bond donors (Lipinski definition) is 1. The van der Waals surface area contributed by atoms with Crippen LogP contribution in [-0.2, 0) is 0 Å². The van der Waals surface area contributed by atoms with Gasteiger partial charge in [0, 0.05) is 38.1 Å². The summed E-state index contributed by atoms with van der Waals surface area (Å²) in [6.45, 7) is 12.5. The highest BCUT2D eigenvalue weighted by Gasteiger charge is 2.34. The molecule has 0 amide bonds. The van der Waals surface area contributed by atoms with Gasteiger partial charge in [-0.1, -0.05) is 39.0 Å². The molecule has 0 spiro atoms. The quantitative estimate of drug-likeness (QED) is 0.905. The second kappa shape index (κ2) is 5.98. The third kappa shape index (κ3) is 3.24. The van der Waals surface area contributed by atoms with Crippen molar-refractivity contribution in [1.29, 1.82) is 0 Å². The van der Waals surface area contributed by atoms with E-state index < -0.39 is 0 Å². The monoisotopic (exact) mass is 288 g/mol. The average Bonchev–Trinajstić information content (AvgIpc) is 2.47. The van der Waals surface area contributed by atoms with Crippen molar-refractivity contribution in [2.75, 3.05) is 32.8 Å². The van der Waals surface area contributed by atoms with Crippen molar-refractivity contribution in [1.82, 2.24) is 10.2 Å². The minimum atomic E-state index is 0.318. The van der Waals surface area contributed by atoms with Crippen LogP contribution in [0.2, 0.25) is 0 Å². The minimum absolute atomic E-state index is 0.318. The molecule has 21 heavy (non-hydrogen) atoms. The molecule has 2 unspecified atom stereocenters. The summed E-state index contributed by atoms with van der Waals surface area (Å²) in [6, 6.07) is 9.18. The number of ether oxygens (including phenoxy) is 1. The molecule has 1 aromatic rings. The van der Waals surface area contributed by atoms with E-state index in [-0.39, 0.29) is 0 Å². The van der Waals surface area contributed by atoms with Crippen molar-refractivity contribution >= 4 is 0 Å². The van der Waals surface area contributed by atoms with Crippen LogP contribution >= 0.6 is 0 Å². The Hall–Kier alpha value is -1.06. The van der Waals surface area contributed by atoms with Gasteiger partial charge in [-0.3, -0.25) is 4.90 Å². The molecule has 3 heteroatoms. The first-order chi connectivity index (χ1) is 10.1. The number of para-hydroxylation sites is 1. The Balaban J connectivity index is 1.77. The topological polar surface area (TPSA) is 24.5 Å². The molecule has 2 aliphatic heterocycles. The molecule has 2 atom stereocenters. The summed E-state index contributed by atoms with van der Waals surface area (Å²) >= 11 is 0. The lowest BCUT2D eigenvalue weighted by Crippen LogP contribution is -2.57. The van der Waals surface area contributed by atoms with Gasteiger partial charge in [-0.2, -0.15) is 0 Å². The van der Waals surface area contributed by atoms with Crippen LogP contribution in [0.3, 0.4) is 0 Å². The smallest absolute Gasteiger partial charge is 0.122 e. The molecule has 0 bridgehead atoms. The minimum Gasteiger partial charge on any atom is -0.493 e. The largest absolute Gasteiger partial charge is 0.493 e. The SMILES string of the molecule is CC(C)(C)C1CNCCN1CC1CCOc2ccccc21. The second-order valence-corrected chi connectivity index (χ2v) is 7.45. The number of piperazine rings is 1. The molecule has 2 aliphatic rings. The molecule has 0 saturated carbocycles. The van der Waals surface area contributed by atoms with E-state index in [1.807, 2.05) is 0 Å². The van der Waals surface area contributed by atoms with Crippen LogP contribution in [0.15, 0.2) is 24.3 Å². The normalized spacial score (nSPS) is 27.0. The van der Waals surface area contributed by atoms with Gasteiger partial charge in [0.25, 0.3) is 0 Å². The Morgan fingerprint density at radius 3 is 2.90 bits per heavy atom. The van der Waals surface area contributed by atoms with Gasteiger partial charge in [-0.25, -0.2) is 0 Å². The van der Waals surface area contributed by atoms with Gasteiger partial charge in [-0.05, 0) is 23.5 Å². The fourth-order valence-electron chi connectivity index (χ4n) is 3.71. The zero-order valence-electron chi connectivity index (χ0n) is 13.6. The van der Waals surface area contributed by atoms with Crippen molar-refractivity contribution in [3.05, 3.63) is 29.8 Å². The summed E-state index contributed by atoms with van der Waals surface area (Å²) in [7, 11) is 0. The van der Waals surface area contributed by atoms with Gasteiger partial charge in [-0.15, -0.1) is 0 Å². The standard InChI is InChI=1S/C18H28N2O/c1-18(2,3)17-12-19-9-10-20(17)13-14-8-11-21-16-7-5-4-6-15(14)16/h4-7,14,17,19H,8-13H2,1-3H3. The van der Waals surface area contributed by atoms with E-state index in [2.05, 4.69) is 55.3 Å². The Bertz CT molecular complexity index is 480. The van der Waals surface area contributed by atoms with Gasteiger partial charge in [0.15, 0.2) is 0 Å². The highest BCUT2D eigenvalue weighted by Crippen LogP contribution is 2.35. The molecule has 2 heterocycles. The Morgan fingerprint density at radius 1 is 1.29 bits per heavy atom. The van der Waals surface area contributed by atoms with Crippen molar-refractivity contribution in [3.8, 4) is 5.75 Å². The molecule has 0 radical (unpaired) electrons. The maximum atomic E-state index is 5.81. The molecule has 1 N–H and O–H groups in total. The summed E-state index contributed by atoms with van der Waals surface area (Å²) in [5.74, 6) is 1.70. The predicted octanol–water partition coefficient (Wildman–Crippen LogP) is 2.87. The number of nitrogens with zero attached hydrogens (tertiary/aromatic N) is 1. The molecule has 3 nitrogen and oxygen atoms in total. The number of fused-ring (bicyclic) bond motifs is 1. The van der Waals surface area contributed by atoms with Gasteiger partial charge in [0.05, 0.1) is 6.61 Å². The number of benzene rings is 1. The van der Waals surface area contributed by atoms with Crippen molar-refractivity contribution in [2.45, 2.75) is 39.2 Å². The summed E-state index contributed by atoms with van der Waals surface area (Å²) in [6.07, 6.45) is 1.14. The van der Waals surface area contributed by atoms with Crippen LogP contribution in [0.1, 0.15) is 38.7 Å². The number of nitrogens with one attached hydrogen (secondary N) is 1. The van der Waals surface area contributed by atoms with Crippen molar-refractivity contribution in [2.24, 2.45) is 5.41 Å². The van der Waals surface area contributed by atoms with Crippen LogP contribution in [0.25, 0.3) is 0 Å². The fraction of sp³-hybridized carbons (Fsp3) is 0.667. The van der Waals surface area contributed by atoms with E-state index in [0.29, 0.717) is 17.4 Å². The van der Waals surface area contributed by atoms with Gasteiger partial charge >= 0.3 is 0 Å². The van der Waals surface area contributed by atoms with Crippen LogP contribution in [-0.4, -0.2) is 43.7 Å². The number of hydrogen-bond acceptors (Lipinski definition) is 3. The first kappa shape index (κ1) is 14.9. The first-order valence-corrected chi connectivity index (χ1v) is 8.22. The lowest BCUT2D eigenvalue weighted by atomic mass is 9.83. The summed E-state index contributed by atoms with van der Waals surface area (Å²) in [4.78, 5) is 2.70. The van der Waals surface area contributed by atoms with Gasteiger partial charge in [0.2, 0.25) is 0 Å². The Labute approximate surface area is 128 Å². The van der Waals surface area contributed by atoms with E-state index in [9.17, 15) is 0 Å². The second-order valence-electron chi connectivity index (χ2n) is 7.45. The van der Waals surface area contributed by atoms with Crippen LogP contribution < -0.4 is 10.1 Å². The Morgan fingerprint density at radius 2 is 2.10 bits per heavy atom. The van der Waals surface area contributed by atoms with Crippen molar-refractivity contribution < 1.29 is 4.74 Å². The van der Waals surface area contributed by atoms with Crippen LogP contribution in [0.4, 0.5) is 0 Å². The van der Waals surface area contributed by atoms with Gasteiger partial charge in [0.1, 0.15) is 5.75 Å². The lowest BCUT2D eigenvalue weighted by molar-refractivity contribution is 0.0651. The lowest BCUT2D eigenvalue weighted by Gasteiger charge is -2.45. The van der Waals surface area contributed by atoms with Gasteiger partial charge < -0.3 is 10.1 Å². The predicted molar refractivity (Wildman–Crippen MR) is 87.0 cm³/mol. The molecular weight excluding hydrogens is 260 g/mol. The number of rotatable bonds is 2. The van der Waals surface area contributed by atoms with E-state index in [1.54, 1.807) is 0 Å². The highest BCUT2D eigenvalue weighted by atomic mass is 16.5. The third-order valence-corrected chi connectivity index (χ3v) is 4.89. The molecule has 116 valence electrons. The maximum Gasteiger partial charge on any atom is 0.122 e. The molecule has 0 aliphatic carbocycles. The van der Waals surface area contributed by atoms with Crippen molar-refractivity contribution in [3.63, 3.8) is 0 Å². The maximum absolute atomic E-state index is 5.81. The van der Waals surface area contributed by atoms with E-state index in [1.165, 1.54) is 5.56 Å². The molecule has 1 fully saturated rings. The molecule has 0 aromatic heterocycles. The van der Waals surface area contributed by atoms with E-state index in [0.717, 1.165) is 45.0 Å². The van der Waals surface area contributed by atoms with Crippen LogP contribution in [0, 0.1) is 5.41 Å². The van der Waals surface area contributed by atoms with E-state index in [4.69, 9.17) is 4.74 Å². The zero-order chi connectivity index (χ0) is 14.9. The van der Waals surface area contributed by atoms with E-state index >= 15 is 0 Å².